The van der Waals surface area contributed by atoms with Gasteiger partial charge in [-0.25, -0.2) is 14.8 Å². The van der Waals surface area contributed by atoms with E-state index in [4.69, 9.17) is 4.42 Å². The standard InChI is InChI=1S/C17H23N5O2/c1-12-6-7-22(14(9-12)15-5-4-8-24-15)17(23)20-13-10-18-16(19-11-13)21(2)3/h4-5,8,10-12,14H,6-7,9H2,1-3H3,(H,20,23)/t12-,14+/m0/s1. The predicted molar refractivity (Wildman–Crippen MR) is 91.9 cm³/mol. The average Bonchev–Trinajstić information content (AvgIpc) is 3.09. The SMILES string of the molecule is C[C@H]1CCN(C(=O)Nc2cnc(N(C)C)nc2)[C@@H](c2ccco2)C1. The predicted octanol–water partition coefficient (Wildman–Crippen LogP) is 3.14. The second kappa shape index (κ2) is 6.90. The van der Waals surface area contributed by atoms with E-state index in [2.05, 4.69) is 22.2 Å². The summed E-state index contributed by atoms with van der Waals surface area (Å²) in [5, 5.41) is 2.89. The van der Waals surface area contributed by atoms with Gasteiger partial charge in [-0.2, -0.15) is 0 Å². The molecule has 0 radical (unpaired) electrons. The van der Waals surface area contributed by atoms with Crippen molar-refractivity contribution in [1.29, 1.82) is 0 Å². The van der Waals surface area contributed by atoms with Crippen molar-refractivity contribution in [2.75, 3.05) is 30.9 Å². The topological polar surface area (TPSA) is 74.5 Å². The van der Waals surface area contributed by atoms with Gasteiger partial charge in [-0.1, -0.05) is 6.92 Å². The molecular formula is C17H23N5O2. The number of hydrogen-bond donors (Lipinski definition) is 1. The van der Waals surface area contributed by atoms with Crippen molar-refractivity contribution in [2.45, 2.75) is 25.8 Å². The first-order valence-electron chi connectivity index (χ1n) is 8.15. The summed E-state index contributed by atoms with van der Waals surface area (Å²) in [5.41, 5.74) is 0.586. The Hall–Kier alpha value is -2.57. The highest BCUT2D eigenvalue weighted by molar-refractivity contribution is 5.89. The van der Waals surface area contributed by atoms with Gasteiger partial charge >= 0.3 is 6.03 Å². The van der Waals surface area contributed by atoms with E-state index in [0.717, 1.165) is 18.6 Å². The fraction of sp³-hybridized carbons (Fsp3) is 0.471. The number of carbonyl (C=O) groups is 1. The number of amides is 2. The number of carbonyl (C=O) groups excluding carboxylic acids is 1. The van der Waals surface area contributed by atoms with Gasteiger partial charge in [0.2, 0.25) is 5.95 Å². The van der Waals surface area contributed by atoms with Crippen molar-refractivity contribution >= 4 is 17.7 Å². The Morgan fingerprint density at radius 2 is 2.12 bits per heavy atom. The van der Waals surface area contributed by atoms with Crippen LogP contribution in [0.4, 0.5) is 16.4 Å². The minimum Gasteiger partial charge on any atom is -0.467 e. The minimum absolute atomic E-state index is 0.0364. The first-order valence-corrected chi connectivity index (χ1v) is 8.15. The summed E-state index contributed by atoms with van der Waals surface area (Å²) in [4.78, 5) is 24.8. The van der Waals surface area contributed by atoms with Crippen molar-refractivity contribution in [3.8, 4) is 0 Å². The van der Waals surface area contributed by atoms with Crippen molar-refractivity contribution < 1.29 is 9.21 Å². The van der Waals surface area contributed by atoms with Gasteiger partial charge in [-0.3, -0.25) is 0 Å². The number of urea groups is 1. The average molecular weight is 329 g/mol. The largest absolute Gasteiger partial charge is 0.467 e. The zero-order chi connectivity index (χ0) is 17.1. The Bertz CT molecular complexity index is 669. The number of nitrogens with zero attached hydrogens (tertiary/aromatic N) is 4. The lowest BCUT2D eigenvalue weighted by Crippen LogP contribution is -2.42. The van der Waals surface area contributed by atoms with Crippen molar-refractivity contribution in [2.24, 2.45) is 5.92 Å². The first kappa shape index (κ1) is 16.3. The van der Waals surface area contributed by atoms with E-state index in [9.17, 15) is 4.79 Å². The fourth-order valence-electron chi connectivity index (χ4n) is 2.95. The smallest absolute Gasteiger partial charge is 0.322 e. The molecular weight excluding hydrogens is 306 g/mol. The van der Waals surface area contributed by atoms with Crippen LogP contribution in [0.3, 0.4) is 0 Å². The molecule has 24 heavy (non-hydrogen) atoms. The molecule has 1 N–H and O–H groups in total. The number of likely N-dealkylation sites (tertiary alicyclic amines) is 1. The second-order valence-corrected chi connectivity index (χ2v) is 6.45. The second-order valence-electron chi connectivity index (χ2n) is 6.45. The molecule has 7 nitrogen and oxygen atoms in total. The zero-order valence-electron chi connectivity index (χ0n) is 14.3. The zero-order valence-corrected chi connectivity index (χ0v) is 14.3. The summed E-state index contributed by atoms with van der Waals surface area (Å²) in [7, 11) is 3.74. The van der Waals surface area contributed by atoms with Crippen molar-refractivity contribution in [1.82, 2.24) is 14.9 Å². The van der Waals surface area contributed by atoms with E-state index < -0.39 is 0 Å². The number of rotatable bonds is 3. The summed E-state index contributed by atoms with van der Waals surface area (Å²) in [5.74, 6) is 2.00. The Morgan fingerprint density at radius 3 is 2.75 bits per heavy atom. The highest BCUT2D eigenvalue weighted by Gasteiger charge is 2.32. The van der Waals surface area contributed by atoms with Gasteiger partial charge in [-0.05, 0) is 30.9 Å². The Morgan fingerprint density at radius 1 is 1.38 bits per heavy atom. The summed E-state index contributed by atoms with van der Waals surface area (Å²) in [6.45, 7) is 2.91. The van der Waals surface area contributed by atoms with Crippen LogP contribution in [0.5, 0.6) is 0 Å². The molecule has 2 aromatic rings. The molecule has 2 atom stereocenters. The summed E-state index contributed by atoms with van der Waals surface area (Å²) >= 11 is 0. The molecule has 0 unspecified atom stereocenters. The summed E-state index contributed by atoms with van der Waals surface area (Å²) in [6, 6.07) is 3.60. The quantitative estimate of drug-likeness (QED) is 0.936. The fourth-order valence-corrected chi connectivity index (χ4v) is 2.95. The maximum Gasteiger partial charge on any atom is 0.322 e. The van der Waals surface area contributed by atoms with Gasteiger partial charge < -0.3 is 19.5 Å². The molecule has 128 valence electrons. The number of aromatic nitrogens is 2. The monoisotopic (exact) mass is 329 g/mol. The van der Waals surface area contributed by atoms with Gasteiger partial charge in [0.15, 0.2) is 0 Å². The lowest BCUT2D eigenvalue weighted by molar-refractivity contribution is 0.129. The molecule has 1 fully saturated rings. The number of hydrogen-bond acceptors (Lipinski definition) is 5. The lowest BCUT2D eigenvalue weighted by atomic mass is 9.91. The third-order valence-electron chi connectivity index (χ3n) is 4.29. The number of nitrogens with one attached hydrogen (secondary N) is 1. The van der Waals surface area contributed by atoms with E-state index in [1.54, 1.807) is 18.7 Å². The Kier molecular flexibility index (Phi) is 4.69. The molecule has 1 aliphatic rings. The van der Waals surface area contributed by atoms with E-state index in [1.165, 1.54) is 0 Å². The third-order valence-corrected chi connectivity index (χ3v) is 4.29. The molecule has 7 heteroatoms. The van der Waals surface area contributed by atoms with Crippen molar-refractivity contribution in [3.63, 3.8) is 0 Å². The molecule has 2 aromatic heterocycles. The Labute approximate surface area is 141 Å². The van der Waals surface area contributed by atoms with Crippen LogP contribution in [0, 0.1) is 5.92 Å². The molecule has 0 saturated carbocycles. The molecule has 3 rings (SSSR count). The van der Waals surface area contributed by atoms with Crippen molar-refractivity contribution in [3.05, 3.63) is 36.5 Å². The van der Waals surface area contributed by atoms with Crippen LogP contribution in [-0.2, 0) is 0 Å². The van der Waals surface area contributed by atoms with Crippen LogP contribution in [-0.4, -0.2) is 41.5 Å². The van der Waals surface area contributed by atoms with Crippen LogP contribution in [0.25, 0.3) is 0 Å². The minimum atomic E-state index is -0.149. The maximum atomic E-state index is 12.7. The highest BCUT2D eigenvalue weighted by Crippen LogP contribution is 2.34. The van der Waals surface area contributed by atoms with E-state index in [-0.39, 0.29) is 12.1 Å². The van der Waals surface area contributed by atoms with Crippen LogP contribution >= 0.6 is 0 Å². The van der Waals surface area contributed by atoms with Crippen LogP contribution < -0.4 is 10.2 Å². The first-order chi connectivity index (χ1) is 11.5. The normalized spacial score (nSPS) is 20.7. The highest BCUT2D eigenvalue weighted by atomic mass is 16.3. The maximum absolute atomic E-state index is 12.7. The van der Waals surface area contributed by atoms with Gasteiger partial charge in [0.05, 0.1) is 30.4 Å². The summed E-state index contributed by atoms with van der Waals surface area (Å²) in [6.07, 6.45) is 6.78. The third kappa shape index (κ3) is 3.50. The van der Waals surface area contributed by atoms with Crippen LogP contribution in [0.1, 0.15) is 31.6 Å². The van der Waals surface area contributed by atoms with E-state index in [0.29, 0.717) is 24.1 Å². The molecule has 0 bridgehead atoms. The number of anilines is 2. The lowest BCUT2D eigenvalue weighted by Gasteiger charge is -2.37. The molecule has 0 aliphatic carbocycles. The van der Waals surface area contributed by atoms with Gasteiger partial charge in [-0.15, -0.1) is 0 Å². The molecule has 3 heterocycles. The molecule has 0 aromatic carbocycles. The summed E-state index contributed by atoms with van der Waals surface area (Å²) < 4.78 is 5.54. The Balaban J connectivity index is 1.72. The number of furan rings is 1. The molecule has 1 aliphatic heterocycles. The van der Waals surface area contributed by atoms with Gasteiger partial charge in [0.1, 0.15) is 5.76 Å². The van der Waals surface area contributed by atoms with Gasteiger partial charge in [0.25, 0.3) is 0 Å². The molecule has 1 saturated heterocycles. The van der Waals surface area contributed by atoms with E-state index >= 15 is 0 Å². The van der Waals surface area contributed by atoms with Crippen LogP contribution in [0.15, 0.2) is 35.2 Å². The van der Waals surface area contributed by atoms with Gasteiger partial charge in [0, 0.05) is 20.6 Å². The van der Waals surface area contributed by atoms with Crippen LogP contribution in [0.2, 0.25) is 0 Å². The molecule has 0 spiro atoms. The van der Waals surface area contributed by atoms with E-state index in [1.807, 2.05) is 36.0 Å². The number of piperidine rings is 1. The molecule has 2 amide bonds.